The molecular formula is C13H20FN3O. The summed E-state index contributed by atoms with van der Waals surface area (Å²) in [4.78, 5) is 13.8. The maximum absolute atomic E-state index is 12.7. The average molecular weight is 253 g/mol. The summed E-state index contributed by atoms with van der Waals surface area (Å²) in [7, 11) is 0. The fourth-order valence-corrected chi connectivity index (χ4v) is 1.60. The molecule has 4 nitrogen and oxygen atoms in total. The van der Waals surface area contributed by atoms with Crippen molar-refractivity contribution in [2.45, 2.75) is 13.3 Å². The number of nitrogens with two attached hydrogens (primary N) is 1. The zero-order valence-electron chi connectivity index (χ0n) is 10.7. The number of hydrogen-bond acceptors (Lipinski definition) is 3. The highest BCUT2D eigenvalue weighted by atomic mass is 19.1. The van der Waals surface area contributed by atoms with Gasteiger partial charge in [0.1, 0.15) is 5.82 Å². The van der Waals surface area contributed by atoms with E-state index >= 15 is 0 Å². The highest BCUT2D eigenvalue weighted by molar-refractivity contribution is 5.92. The number of rotatable bonds is 7. The summed E-state index contributed by atoms with van der Waals surface area (Å²) >= 11 is 0. The van der Waals surface area contributed by atoms with Crippen LogP contribution in [-0.4, -0.2) is 37.0 Å². The first-order chi connectivity index (χ1) is 8.65. The van der Waals surface area contributed by atoms with E-state index in [0.717, 1.165) is 19.5 Å². The molecule has 0 saturated carbocycles. The quantitative estimate of drug-likeness (QED) is 0.773. The van der Waals surface area contributed by atoms with E-state index in [1.807, 2.05) is 11.8 Å². The second-order valence-corrected chi connectivity index (χ2v) is 4.07. The van der Waals surface area contributed by atoms with Crippen LogP contribution in [0, 0.1) is 5.82 Å². The van der Waals surface area contributed by atoms with Crippen LogP contribution < -0.4 is 11.1 Å². The summed E-state index contributed by atoms with van der Waals surface area (Å²) in [5.74, 6) is -0.411. The third kappa shape index (κ3) is 5.25. The minimum Gasteiger partial charge on any atom is -0.330 e. The minimum atomic E-state index is -0.314. The third-order valence-electron chi connectivity index (χ3n) is 2.62. The maximum atomic E-state index is 12.7. The van der Waals surface area contributed by atoms with E-state index in [0.29, 0.717) is 18.8 Å². The van der Waals surface area contributed by atoms with Crippen LogP contribution in [-0.2, 0) is 4.79 Å². The van der Waals surface area contributed by atoms with Crippen molar-refractivity contribution >= 4 is 11.6 Å². The summed E-state index contributed by atoms with van der Waals surface area (Å²) in [6, 6.07) is 5.73. The molecule has 0 heterocycles. The lowest BCUT2D eigenvalue weighted by Gasteiger charge is -2.19. The standard InChI is InChI=1S/C13H20FN3O/c1-2-17(9-3-8-15)10-13(18)16-12-6-4-11(14)5-7-12/h4-7H,2-3,8-10,15H2,1H3,(H,16,18). The van der Waals surface area contributed by atoms with Gasteiger partial charge in [-0.1, -0.05) is 6.92 Å². The fraction of sp³-hybridized carbons (Fsp3) is 0.462. The van der Waals surface area contributed by atoms with E-state index in [1.54, 1.807) is 12.1 Å². The van der Waals surface area contributed by atoms with Crippen molar-refractivity contribution in [2.75, 3.05) is 31.5 Å². The Morgan fingerprint density at radius 3 is 2.61 bits per heavy atom. The first kappa shape index (κ1) is 14.6. The molecule has 0 aromatic heterocycles. The van der Waals surface area contributed by atoms with Gasteiger partial charge in [-0.2, -0.15) is 0 Å². The van der Waals surface area contributed by atoms with Gasteiger partial charge in [0, 0.05) is 5.69 Å². The van der Waals surface area contributed by atoms with Crippen LogP contribution >= 0.6 is 0 Å². The summed E-state index contributed by atoms with van der Waals surface area (Å²) in [5, 5.41) is 2.73. The smallest absolute Gasteiger partial charge is 0.238 e. The van der Waals surface area contributed by atoms with Crippen molar-refractivity contribution in [1.82, 2.24) is 4.90 Å². The molecule has 0 radical (unpaired) electrons. The van der Waals surface area contributed by atoms with Crippen LogP contribution in [0.3, 0.4) is 0 Å². The molecule has 0 spiro atoms. The largest absolute Gasteiger partial charge is 0.330 e. The molecule has 0 saturated heterocycles. The molecule has 1 rings (SSSR count). The number of hydrogen-bond donors (Lipinski definition) is 2. The highest BCUT2D eigenvalue weighted by Gasteiger charge is 2.08. The molecule has 18 heavy (non-hydrogen) atoms. The maximum Gasteiger partial charge on any atom is 0.238 e. The van der Waals surface area contributed by atoms with E-state index in [1.165, 1.54) is 12.1 Å². The lowest BCUT2D eigenvalue weighted by Crippen LogP contribution is -2.34. The van der Waals surface area contributed by atoms with Crippen molar-refractivity contribution in [3.05, 3.63) is 30.1 Å². The Bertz CT molecular complexity index is 367. The Hall–Kier alpha value is -1.46. The summed E-state index contributed by atoms with van der Waals surface area (Å²) < 4.78 is 12.7. The molecule has 0 aliphatic rings. The number of anilines is 1. The molecule has 1 amide bonds. The van der Waals surface area contributed by atoms with Crippen molar-refractivity contribution in [2.24, 2.45) is 5.73 Å². The highest BCUT2D eigenvalue weighted by Crippen LogP contribution is 2.08. The number of carbonyl (C=O) groups is 1. The van der Waals surface area contributed by atoms with E-state index in [4.69, 9.17) is 5.73 Å². The van der Waals surface area contributed by atoms with Crippen LogP contribution in [0.1, 0.15) is 13.3 Å². The summed E-state index contributed by atoms with van der Waals surface area (Å²) in [5.41, 5.74) is 6.04. The Kier molecular flexibility index (Phi) is 6.32. The third-order valence-corrected chi connectivity index (χ3v) is 2.62. The normalized spacial score (nSPS) is 10.7. The fourth-order valence-electron chi connectivity index (χ4n) is 1.60. The minimum absolute atomic E-state index is 0.0968. The average Bonchev–Trinajstić information content (AvgIpc) is 2.37. The molecule has 0 atom stereocenters. The van der Waals surface area contributed by atoms with Crippen LogP contribution in [0.2, 0.25) is 0 Å². The predicted molar refractivity (Wildman–Crippen MR) is 70.8 cm³/mol. The zero-order valence-corrected chi connectivity index (χ0v) is 10.7. The van der Waals surface area contributed by atoms with Gasteiger partial charge in [0.25, 0.3) is 0 Å². The predicted octanol–water partition coefficient (Wildman–Crippen LogP) is 1.43. The number of nitrogens with one attached hydrogen (secondary N) is 1. The zero-order chi connectivity index (χ0) is 13.4. The van der Waals surface area contributed by atoms with Gasteiger partial charge >= 0.3 is 0 Å². The lowest BCUT2D eigenvalue weighted by atomic mass is 10.3. The molecule has 3 N–H and O–H groups in total. The lowest BCUT2D eigenvalue weighted by molar-refractivity contribution is -0.117. The van der Waals surface area contributed by atoms with Gasteiger partial charge in [0.15, 0.2) is 0 Å². The second kappa shape index (κ2) is 7.79. The number of benzene rings is 1. The number of amides is 1. The molecule has 0 aliphatic carbocycles. The summed E-state index contributed by atoms with van der Waals surface area (Å²) in [6.45, 7) is 4.56. The van der Waals surface area contributed by atoms with Gasteiger partial charge < -0.3 is 11.1 Å². The van der Waals surface area contributed by atoms with Gasteiger partial charge in [-0.3, -0.25) is 9.69 Å². The number of nitrogens with zero attached hydrogens (tertiary/aromatic N) is 1. The number of halogens is 1. The van der Waals surface area contributed by atoms with Crippen molar-refractivity contribution in [1.29, 1.82) is 0 Å². The Morgan fingerprint density at radius 2 is 2.06 bits per heavy atom. The monoisotopic (exact) mass is 253 g/mol. The van der Waals surface area contributed by atoms with E-state index in [2.05, 4.69) is 5.32 Å². The topological polar surface area (TPSA) is 58.4 Å². The number of likely N-dealkylation sites (N-methyl/N-ethyl adjacent to an activating group) is 1. The Labute approximate surface area is 107 Å². The van der Waals surface area contributed by atoms with Gasteiger partial charge in [-0.05, 0) is 50.3 Å². The second-order valence-electron chi connectivity index (χ2n) is 4.07. The van der Waals surface area contributed by atoms with Crippen LogP contribution in [0.15, 0.2) is 24.3 Å². The van der Waals surface area contributed by atoms with Gasteiger partial charge in [0.05, 0.1) is 6.54 Å². The van der Waals surface area contributed by atoms with Crippen molar-refractivity contribution in [3.63, 3.8) is 0 Å². The molecule has 0 unspecified atom stereocenters. The van der Waals surface area contributed by atoms with E-state index < -0.39 is 0 Å². The van der Waals surface area contributed by atoms with E-state index in [9.17, 15) is 9.18 Å². The molecule has 1 aromatic rings. The van der Waals surface area contributed by atoms with E-state index in [-0.39, 0.29) is 11.7 Å². The first-order valence-electron chi connectivity index (χ1n) is 6.13. The molecule has 0 bridgehead atoms. The van der Waals surface area contributed by atoms with Crippen molar-refractivity contribution < 1.29 is 9.18 Å². The van der Waals surface area contributed by atoms with Crippen LogP contribution in [0.4, 0.5) is 10.1 Å². The first-order valence-corrected chi connectivity index (χ1v) is 6.13. The molecule has 100 valence electrons. The molecule has 1 aromatic carbocycles. The van der Waals surface area contributed by atoms with Gasteiger partial charge in [-0.25, -0.2) is 4.39 Å². The molecule has 0 fully saturated rings. The van der Waals surface area contributed by atoms with Crippen LogP contribution in [0.25, 0.3) is 0 Å². The Balaban J connectivity index is 2.42. The molecule has 5 heteroatoms. The van der Waals surface area contributed by atoms with Gasteiger partial charge in [-0.15, -0.1) is 0 Å². The summed E-state index contributed by atoms with van der Waals surface area (Å²) in [6.07, 6.45) is 0.873. The SMILES string of the molecule is CCN(CCCN)CC(=O)Nc1ccc(F)cc1. The van der Waals surface area contributed by atoms with Crippen LogP contribution in [0.5, 0.6) is 0 Å². The van der Waals surface area contributed by atoms with Crippen molar-refractivity contribution in [3.8, 4) is 0 Å². The number of carbonyl (C=O) groups excluding carboxylic acids is 1. The molecular weight excluding hydrogens is 233 g/mol. The Morgan fingerprint density at radius 1 is 1.39 bits per heavy atom. The molecule has 0 aliphatic heterocycles. The van der Waals surface area contributed by atoms with Gasteiger partial charge in [0.2, 0.25) is 5.91 Å².